The van der Waals surface area contributed by atoms with Crippen molar-refractivity contribution >= 4 is 17.8 Å². The van der Waals surface area contributed by atoms with E-state index in [1.165, 1.54) is 5.56 Å². The first-order chi connectivity index (χ1) is 22.7. The number of aliphatic carboxylic acids is 1. The molecule has 0 unspecified atom stereocenters. The average molecular weight is 647 g/mol. The molecule has 0 spiro atoms. The van der Waals surface area contributed by atoms with Gasteiger partial charge in [-0.1, -0.05) is 114 Å². The van der Waals surface area contributed by atoms with E-state index in [1.807, 2.05) is 106 Å². The van der Waals surface area contributed by atoms with E-state index >= 15 is 0 Å². The molecular formula is C41H46N2O5. The van der Waals surface area contributed by atoms with Gasteiger partial charge in [0, 0.05) is 25.8 Å². The topological polar surface area (TPSA) is 95.9 Å². The van der Waals surface area contributed by atoms with E-state index in [1.54, 1.807) is 4.90 Å². The average Bonchev–Trinajstić information content (AvgIpc) is 3.03. The third-order valence-electron chi connectivity index (χ3n) is 8.68. The molecule has 0 radical (unpaired) electrons. The monoisotopic (exact) mass is 646 g/mol. The number of carboxylic acids is 1. The molecule has 2 amide bonds. The van der Waals surface area contributed by atoms with Gasteiger partial charge in [0.25, 0.3) is 0 Å². The van der Waals surface area contributed by atoms with Gasteiger partial charge in [-0.05, 0) is 68.5 Å². The van der Waals surface area contributed by atoms with E-state index in [-0.39, 0.29) is 42.5 Å². The van der Waals surface area contributed by atoms with Crippen molar-refractivity contribution in [2.45, 2.75) is 84.8 Å². The fourth-order valence-electron chi connectivity index (χ4n) is 6.00. The van der Waals surface area contributed by atoms with Gasteiger partial charge in [0.05, 0.1) is 0 Å². The fraction of sp³-hybridized carbons (Fsp3) is 0.341. The molecule has 48 heavy (non-hydrogen) atoms. The van der Waals surface area contributed by atoms with Crippen LogP contribution in [0, 0.1) is 5.41 Å². The minimum absolute atomic E-state index is 0.0366. The van der Waals surface area contributed by atoms with Gasteiger partial charge < -0.3 is 20.1 Å². The van der Waals surface area contributed by atoms with Crippen molar-refractivity contribution in [3.05, 3.63) is 119 Å². The zero-order valence-corrected chi connectivity index (χ0v) is 28.7. The number of benzene rings is 4. The molecule has 0 fully saturated rings. The molecule has 0 bridgehead atoms. The predicted molar refractivity (Wildman–Crippen MR) is 189 cm³/mol. The minimum Gasteiger partial charge on any atom is -0.480 e. The van der Waals surface area contributed by atoms with Crippen LogP contribution in [-0.4, -0.2) is 39.9 Å². The van der Waals surface area contributed by atoms with E-state index in [0.29, 0.717) is 11.5 Å². The van der Waals surface area contributed by atoms with Crippen LogP contribution in [0.15, 0.2) is 97.1 Å². The molecule has 0 saturated carbocycles. The Bertz CT molecular complexity index is 1750. The van der Waals surface area contributed by atoms with E-state index in [2.05, 4.69) is 38.2 Å². The number of nitrogens with one attached hydrogen (secondary N) is 1. The lowest BCUT2D eigenvalue weighted by atomic mass is 9.87. The number of carboxylic acid groups (broad SMARTS) is 1. The SMILES string of the molecule is CC(C)(C)CC(=O)N1Cc2cc(Oc3ccc(C(C)(C)C)cc3)ccc2C[C@H]1C(=O)N[C@@H](Cc1ccc(-c2ccccc2)cc1)C(=O)O. The number of hydrogen-bond donors (Lipinski definition) is 2. The number of carbonyl (C=O) groups excluding carboxylic acids is 2. The zero-order chi connectivity index (χ0) is 34.6. The lowest BCUT2D eigenvalue weighted by Gasteiger charge is -2.38. The van der Waals surface area contributed by atoms with Crippen LogP contribution in [0.3, 0.4) is 0 Å². The molecule has 4 aromatic carbocycles. The summed E-state index contributed by atoms with van der Waals surface area (Å²) in [6.45, 7) is 12.7. The summed E-state index contributed by atoms with van der Waals surface area (Å²) in [5.41, 5.74) is 5.66. The maximum atomic E-state index is 13.8. The Hall–Kier alpha value is -4.91. The normalized spacial score (nSPS) is 15.3. The number of amides is 2. The molecule has 250 valence electrons. The standard InChI is InChI=1S/C41H46N2O5/c1-40(2,3)25-37(44)43-26-31-23-34(48-33-20-17-32(18-21-33)41(4,5)6)19-16-30(31)24-36(43)38(45)42-35(39(46)47)22-27-12-14-29(15-13-27)28-10-8-7-9-11-28/h7-21,23,35-36H,22,24-26H2,1-6H3,(H,42,45)(H,46,47)/t35-,36-/m0/s1. The van der Waals surface area contributed by atoms with E-state index < -0.39 is 24.0 Å². The molecule has 0 aliphatic carbocycles. The highest BCUT2D eigenvalue weighted by Gasteiger charge is 2.37. The predicted octanol–water partition coefficient (Wildman–Crippen LogP) is 7.95. The molecule has 2 atom stereocenters. The number of nitrogens with zero attached hydrogens (tertiary/aromatic N) is 1. The maximum Gasteiger partial charge on any atom is 0.326 e. The molecule has 1 aliphatic rings. The van der Waals surface area contributed by atoms with Crippen LogP contribution in [0.1, 0.15) is 70.2 Å². The fourth-order valence-corrected chi connectivity index (χ4v) is 6.00. The number of rotatable bonds is 9. The van der Waals surface area contributed by atoms with Crippen molar-refractivity contribution in [2.75, 3.05) is 0 Å². The molecule has 7 nitrogen and oxygen atoms in total. The highest BCUT2D eigenvalue weighted by atomic mass is 16.5. The van der Waals surface area contributed by atoms with E-state index in [0.717, 1.165) is 27.8 Å². The van der Waals surface area contributed by atoms with Crippen LogP contribution in [0.5, 0.6) is 11.5 Å². The second-order valence-electron chi connectivity index (χ2n) is 15.0. The minimum atomic E-state index is -1.15. The summed E-state index contributed by atoms with van der Waals surface area (Å²) in [4.78, 5) is 41.5. The van der Waals surface area contributed by atoms with Crippen LogP contribution >= 0.6 is 0 Å². The van der Waals surface area contributed by atoms with Gasteiger partial charge in [-0.2, -0.15) is 0 Å². The first kappa shape index (κ1) is 34.4. The number of fused-ring (bicyclic) bond motifs is 1. The molecule has 5 rings (SSSR count). The van der Waals surface area contributed by atoms with Gasteiger partial charge in [-0.25, -0.2) is 4.79 Å². The van der Waals surface area contributed by atoms with Gasteiger partial charge in [-0.15, -0.1) is 0 Å². The van der Waals surface area contributed by atoms with Crippen LogP contribution in [0.4, 0.5) is 0 Å². The summed E-state index contributed by atoms with van der Waals surface area (Å²) < 4.78 is 6.18. The Morgan fingerprint density at radius 3 is 2.04 bits per heavy atom. The van der Waals surface area contributed by atoms with Gasteiger partial charge in [0.1, 0.15) is 23.6 Å². The Morgan fingerprint density at radius 2 is 1.44 bits per heavy atom. The molecule has 1 heterocycles. The van der Waals surface area contributed by atoms with Crippen LogP contribution in [0.25, 0.3) is 11.1 Å². The van der Waals surface area contributed by atoms with Gasteiger partial charge >= 0.3 is 5.97 Å². The second-order valence-corrected chi connectivity index (χ2v) is 15.0. The summed E-state index contributed by atoms with van der Waals surface area (Å²) in [5, 5.41) is 12.9. The van der Waals surface area contributed by atoms with E-state index in [9.17, 15) is 19.5 Å². The smallest absolute Gasteiger partial charge is 0.326 e. The second kappa shape index (κ2) is 14.1. The molecule has 2 N–H and O–H groups in total. The lowest BCUT2D eigenvalue weighted by Crippen LogP contribution is -2.56. The Balaban J connectivity index is 1.34. The number of carbonyl (C=O) groups is 3. The highest BCUT2D eigenvalue weighted by molar-refractivity contribution is 5.91. The first-order valence-corrected chi connectivity index (χ1v) is 16.5. The van der Waals surface area contributed by atoms with Gasteiger partial charge in [0.15, 0.2) is 0 Å². The largest absolute Gasteiger partial charge is 0.480 e. The molecule has 0 saturated heterocycles. The number of ether oxygens (including phenoxy) is 1. The molecule has 1 aliphatic heterocycles. The Labute approximate surface area is 284 Å². The van der Waals surface area contributed by atoms with Crippen molar-refractivity contribution in [1.29, 1.82) is 0 Å². The van der Waals surface area contributed by atoms with E-state index in [4.69, 9.17) is 4.74 Å². The van der Waals surface area contributed by atoms with Crippen molar-refractivity contribution < 1.29 is 24.2 Å². The van der Waals surface area contributed by atoms with Gasteiger partial charge in [0.2, 0.25) is 11.8 Å². The van der Waals surface area contributed by atoms with Crippen molar-refractivity contribution in [1.82, 2.24) is 10.2 Å². The summed E-state index contributed by atoms with van der Waals surface area (Å²) in [6.07, 6.45) is 0.640. The summed E-state index contributed by atoms with van der Waals surface area (Å²) in [6, 6.07) is 29.4. The molecule has 7 heteroatoms. The highest BCUT2D eigenvalue weighted by Crippen LogP contribution is 2.33. The molecule has 4 aromatic rings. The Kier molecular flexibility index (Phi) is 10.1. The quantitative estimate of drug-likeness (QED) is 0.193. The summed E-state index contributed by atoms with van der Waals surface area (Å²) in [5.74, 6) is -0.397. The summed E-state index contributed by atoms with van der Waals surface area (Å²) >= 11 is 0. The van der Waals surface area contributed by atoms with Gasteiger partial charge in [-0.3, -0.25) is 9.59 Å². The Morgan fingerprint density at radius 1 is 0.812 bits per heavy atom. The number of hydrogen-bond acceptors (Lipinski definition) is 4. The first-order valence-electron chi connectivity index (χ1n) is 16.5. The van der Waals surface area contributed by atoms with Crippen LogP contribution < -0.4 is 10.1 Å². The van der Waals surface area contributed by atoms with Crippen LogP contribution in [0.2, 0.25) is 0 Å². The summed E-state index contributed by atoms with van der Waals surface area (Å²) in [7, 11) is 0. The molecule has 0 aromatic heterocycles. The molecular weight excluding hydrogens is 600 g/mol. The maximum absolute atomic E-state index is 13.8. The zero-order valence-electron chi connectivity index (χ0n) is 28.7. The van der Waals surface area contributed by atoms with Crippen LogP contribution in [-0.2, 0) is 39.2 Å². The van der Waals surface area contributed by atoms with Crippen molar-refractivity contribution in [3.8, 4) is 22.6 Å². The third kappa shape index (κ3) is 8.71. The van der Waals surface area contributed by atoms with Crippen molar-refractivity contribution in [2.24, 2.45) is 5.41 Å². The lowest BCUT2D eigenvalue weighted by molar-refractivity contribution is -0.146. The third-order valence-corrected chi connectivity index (χ3v) is 8.68. The van der Waals surface area contributed by atoms with Crippen molar-refractivity contribution in [3.63, 3.8) is 0 Å².